The van der Waals surface area contributed by atoms with Crippen LogP contribution in [0.4, 0.5) is 0 Å². The molecular weight excluding hydrogens is 641 g/mol. The monoisotopic (exact) mass is 678 g/mol. The number of fused-ring (bicyclic) bond motifs is 8. The highest BCUT2D eigenvalue weighted by atomic mass is 16.5. The van der Waals surface area contributed by atoms with Crippen molar-refractivity contribution in [3.63, 3.8) is 0 Å². The summed E-state index contributed by atoms with van der Waals surface area (Å²) in [4.78, 5) is 0. The molecule has 53 heavy (non-hydrogen) atoms. The highest BCUT2D eigenvalue weighted by Gasteiger charge is 2.40. The predicted octanol–water partition coefficient (Wildman–Crippen LogP) is 13.3. The maximum Gasteiger partial charge on any atom is 0.131 e. The van der Waals surface area contributed by atoms with E-state index in [0.29, 0.717) is 0 Å². The summed E-state index contributed by atoms with van der Waals surface area (Å²) >= 11 is 0. The highest BCUT2D eigenvalue weighted by molar-refractivity contribution is 5.86. The molecule has 0 saturated heterocycles. The van der Waals surface area contributed by atoms with Gasteiger partial charge in [-0.3, -0.25) is 0 Å². The first-order chi connectivity index (χ1) is 26.1. The first-order valence-electron chi connectivity index (χ1n) is 18.6. The van der Waals surface area contributed by atoms with Crippen molar-refractivity contribution in [3.8, 4) is 56.0 Å². The fraction of sp³-hybridized carbons (Fsp3) is 0.0769. The van der Waals surface area contributed by atoms with Crippen molar-refractivity contribution in [2.45, 2.75) is 25.2 Å². The molecule has 8 aromatic rings. The Morgan fingerprint density at radius 3 is 1.57 bits per heavy atom. The van der Waals surface area contributed by atoms with E-state index in [1.807, 2.05) is 0 Å². The highest BCUT2D eigenvalue weighted by Crippen LogP contribution is 2.53. The van der Waals surface area contributed by atoms with Crippen molar-refractivity contribution in [1.29, 1.82) is 0 Å². The number of hydrogen-bond acceptors (Lipinski definition) is 1. The van der Waals surface area contributed by atoms with Crippen molar-refractivity contribution in [3.05, 3.63) is 227 Å². The number of rotatable bonds is 3. The van der Waals surface area contributed by atoms with Crippen LogP contribution in [0.2, 0.25) is 0 Å². The molecule has 252 valence electrons. The standard InChI is InChI=1S/C52H38O/c1-52(43-16-3-2-4-17-43)48-21-11-10-20-46(48)47-29-27-38(34-49(47)52)36-25-23-35(24-26-36)37-28-30-51-42(31-37)33-40-14-6-9-19-45(40)44-18-8-5-13-39(44)32-41-15-7-12-22-50(41)53-51/h2-31,34H,32-33H2,1H3. The third kappa shape index (κ3) is 5.31. The molecule has 1 heterocycles. The molecule has 0 N–H and O–H groups in total. The van der Waals surface area contributed by atoms with Crippen LogP contribution in [0.3, 0.4) is 0 Å². The molecule has 0 aromatic heterocycles. The Morgan fingerprint density at radius 1 is 0.358 bits per heavy atom. The third-order valence-electron chi connectivity index (χ3n) is 11.6. The minimum Gasteiger partial charge on any atom is -0.457 e. The van der Waals surface area contributed by atoms with E-state index in [0.717, 1.165) is 24.3 Å². The molecule has 1 heteroatoms. The van der Waals surface area contributed by atoms with Gasteiger partial charge in [0.15, 0.2) is 0 Å². The average molecular weight is 679 g/mol. The van der Waals surface area contributed by atoms with Crippen LogP contribution in [0.25, 0.3) is 44.5 Å². The average Bonchev–Trinajstić information content (AvgIpc) is 3.47. The van der Waals surface area contributed by atoms with E-state index < -0.39 is 0 Å². The molecule has 0 radical (unpaired) electrons. The van der Waals surface area contributed by atoms with E-state index in [1.54, 1.807) is 0 Å². The topological polar surface area (TPSA) is 9.23 Å². The van der Waals surface area contributed by atoms with Gasteiger partial charge in [-0.05, 0) is 115 Å². The van der Waals surface area contributed by atoms with E-state index >= 15 is 0 Å². The summed E-state index contributed by atoms with van der Waals surface area (Å²) in [6.45, 7) is 2.38. The molecule has 0 bridgehead atoms. The molecule has 0 amide bonds. The minimum atomic E-state index is -0.218. The van der Waals surface area contributed by atoms with Crippen LogP contribution in [-0.2, 0) is 18.3 Å². The Hall–Kier alpha value is -6.44. The lowest BCUT2D eigenvalue weighted by Crippen LogP contribution is -2.22. The van der Waals surface area contributed by atoms with Gasteiger partial charge in [0.1, 0.15) is 11.5 Å². The van der Waals surface area contributed by atoms with Crippen LogP contribution in [0.5, 0.6) is 11.5 Å². The normalized spacial score (nSPS) is 15.3. The quantitative estimate of drug-likeness (QED) is 0.181. The van der Waals surface area contributed by atoms with Crippen LogP contribution in [0, 0.1) is 0 Å². The van der Waals surface area contributed by atoms with Crippen LogP contribution < -0.4 is 4.74 Å². The van der Waals surface area contributed by atoms with E-state index in [9.17, 15) is 0 Å². The van der Waals surface area contributed by atoms with Crippen molar-refractivity contribution < 1.29 is 4.74 Å². The van der Waals surface area contributed by atoms with Gasteiger partial charge in [-0.1, -0.05) is 164 Å². The lowest BCUT2D eigenvalue weighted by Gasteiger charge is -2.28. The molecule has 10 rings (SSSR count). The number of benzene rings is 8. The first-order valence-corrected chi connectivity index (χ1v) is 18.6. The summed E-state index contributed by atoms with van der Waals surface area (Å²) in [5, 5.41) is 0. The summed E-state index contributed by atoms with van der Waals surface area (Å²) in [5.41, 5.74) is 18.8. The van der Waals surface area contributed by atoms with Crippen LogP contribution in [0.1, 0.15) is 45.9 Å². The van der Waals surface area contributed by atoms with E-state index in [-0.39, 0.29) is 5.41 Å². The molecule has 1 aliphatic heterocycles. The van der Waals surface area contributed by atoms with Gasteiger partial charge in [-0.2, -0.15) is 0 Å². The molecule has 1 atom stereocenters. The zero-order valence-electron chi connectivity index (χ0n) is 29.7. The Balaban J connectivity index is 1.03. The Bertz CT molecular complexity index is 2650. The molecule has 1 aliphatic carbocycles. The van der Waals surface area contributed by atoms with Gasteiger partial charge >= 0.3 is 0 Å². The molecule has 8 aromatic carbocycles. The smallest absolute Gasteiger partial charge is 0.131 e. The maximum absolute atomic E-state index is 6.78. The summed E-state index contributed by atoms with van der Waals surface area (Å²) in [5.74, 6) is 1.81. The Morgan fingerprint density at radius 2 is 0.849 bits per heavy atom. The van der Waals surface area contributed by atoms with Crippen molar-refractivity contribution in [2.75, 3.05) is 0 Å². The van der Waals surface area contributed by atoms with Crippen molar-refractivity contribution >= 4 is 0 Å². The first kappa shape index (κ1) is 31.3. The van der Waals surface area contributed by atoms with E-state index in [1.165, 1.54) is 83.5 Å². The van der Waals surface area contributed by atoms with Gasteiger partial charge in [-0.25, -0.2) is 0 Å². The lowest BCUT2D eigenvalue weighted by atomic mass is 9.74. The van der Waals surface area contributed by atoms with Gasteiger partial charge in [-0.15, -0.1) is 0 Å². The van der Waals surface area contributed by atoms with Gasteiger partial charge in [0.05, 0.1) is 0 Å². The number of hydrogen-bond donors (Lipinski definition) is 0. The van der Waals surface area contributed by atoms with E-state index in [2.05, 4.69) is 195 Å². The molecule has 2 aliphatic rings. The molecule has 1 nitrogen and oxygen atoms in total. The zero-order chi connectivity index (χ0) is 35.4. The van der Waals surface area contributed by atoms with Gasteiger partial charge < -0.3 is 4.74 Å². The summed E-state index contributed by atoms with van der Waals surface area (Å²) in [6.07, 6.45) is 1.58. The summed E-state index contributed by atoms with van der Waals surface area (Å²) in [7, 11) is 0. The van der Waals surface area contributed by atoms with Gasteiger partial charge in [0.2, 0.25) is 0 Å². The molecular formula is C52H38O. The number of para-hydroxylation sites is 1. The zero-order valence-corrected chi connectivity index (χ0v) is 29.7. The lowest BCUT2D eigenvalue weighted by molar-refractivity contribution is 0.472. The second kappa shape index (κ2) is 12.7. The molecule has 0 spiro atoms. The molecule has 1 unspecified atom stereocenters. The van der Waals surface area contributed by atoms with Crippen molar-refractivity contribution in [2.24, 2.45) is 0 Å². The fourth-order valence-corrected chi connectivity index (χ4v) is 8.76. The Labute approximate surface area is 311 Å². The summed E-state index contributed by atoms with van der Waals surface area (Å²) in [6, 6.07) is 68.7. The predicted molar refractivity (Wildman–Crippen MR) is 219 cm³/mol. The van der Waals surface area contributed by atoms with Crippen LogP contribution >= 0.6 is 0 Å². The van der Waals surface area contributed by atoms with Crippen LogP contribution in [0.15, 0.2) is 188 Å². The Kier molecular flexibility index (Phi) is 7.47. The minimum absolute atomic E-state index is 0.218. The fourth-order valence-electron chi connectivity index (χ4n) is 8.76. The van der Waals surface area contributed by atoms with Gasteiger partial charge in [0, 0.05) is 18.3 Å². The van der Waals surface area contributed by atoms with Crippen LogP contribution in [-0.4, -0.2) is 0 Å². The second-order valence-electron chi connectivity index (χ2n) is 14.6. The molecule has 0 fully saturated rings. The summed E-state index contributed by atoms with van der Waals surface area (Å²) < 4.78 is 6.78. The maximum atomic E-state index is 6.78. The molecule has 0 saturated carbocycles. The van der Waals surface area contributed by atoms with E-state index in [4.69, 9.17) is 4.74 Å². The second-order valence-corrected chi connectivity index (χ2v) is 14.6. The third-order valence-corrected chi connectivity index (χ3v) is 11.6. The van der Waals surface area contributed by atoms with Crippen molar-refractivity contribution in [1.82, 2.24) is 0 Å². The SMILES string of the molecule is CC1(c2ccccc2)c2ccccc2-c2ccc(-c3ccc(-c4ccc5c(c4)Cc4ccccc4-c4ccccc4Cc4ccccc4O5)cc3)cc21. The largest absolute Gasteiger partial charge is 0.457 e. The van der Waals surface area contributed by atoms with Gasteiger partial charge in [0.25, 0.3) is 0 Å². The number of ether oxygens (including phenoxy) is 1.